The lowest BCUT2D eigenvalue weighted by Gasteiger charge is -2.46. The molecule has 0 spiro atoms. The number of aliphatic hydroxyl groups is 8. The van der Waals surface area contributed by atoms with Gasteiger partial charge in [0, 0.05) is 6.42 Å². The molecule has 2 aliphatic heterocycles. The number of amides is 1. The molecule has 0 saturated carbocycles. The highest BCUT2D eigenvalue weighted by Gasteiger charge is 2.51. The third-order valence-corrected chi connectivity index (χ3v) is 12.8. The number of rotatable bonds is 40. The van der Waals surface area contributed by atoms with Gasteiger partial charge in [-0.15, -0.1) is 0 Å². The van der Waals surface area contributed by atoms with E-state index in [2.05, 4.69) is 43.5 Å². The zero-order chi connectivity index (χ0) is 48.2. The Labute approximate surface area is 398 Å². The third kappa shape index (κ3) is 25.7. The van der Waals surface area contributed by atoms with Gasteiger partial charge >= 0.3 is 0 Å². The molecule has 9 N–H and O–H groups in total. The van der Waals surface area contributed by atoms with E-state index in [1.165, 1.54) is 109 Å². The summed E-state index contributed by atoms with van der Waals surface area (Å²) >= 11 is 0. The van der Waals surface area contributed by atoms with Crippen molar-refractivity contribution in [1.29, 1.82) is 0 Å². The van der Waals surface area contributed by atoms with Crippen molar-refractivity contribution < 1.29 is 64.6 Å². The molecule has 66 heavy (non-hydrogen) atoms. The minimum absolute atomic E-state index is 0.254. The Bertz CT molecular complexity index is 1250. The molecule has 0 aromatic heterocycles. The number of nitrogens with one attached hydrogen (secondary N) is 1. The molecule has 0 aliphatic carbocycles. The third-order valence-electron chi connectivity index (χ3n) is 12.8. The van der Waals surface area contributed by atoms with Crippen molar-refractivity contribution in [2.24, 2.45) is 0 Å². The number of ether oxygens (including phenoxy) is 4. The van der Waals surface area contributed by atoms with E-state index in [9.17, 15) is 45.6 Å². The highest BCUT2D eigenvalue weighted by Crippen LogP contribution is 2.30. The van der Waals surface area contributed by atoms with Crippen LogP contribution in [-0.2, 0) is 23.7 Å². The van der Waals surface area contributed by atoms with Gasteiger partial charge in [0.05, 0.1) is 32.0 Å². The molecule has 2 fully saturated rings. The van der Waals surface area contributed by atoms with Crippen LogP contribution in [0.4, 0.5) is 0 Å². The minimum Gasteiger partial charge on any atom is -0.394 e. The van der Waals surface area contributed by atoms with E-state index >= 15 is 0 Å². The molecule has 0 bridgehead atoms. The minimum atomic E-state index is -1.79. The van der Waals surface area contributed by atoms with Crippen molar-refractivity contribution in [1.82, 2.24) is 5.32 Å². The number of hydrogen-bond acceptors (Lipinski definition) is 13. The van der Waals surface area contributed by atoms with Gasteiger partial charge in [-0.3, -0.25) is 4.79 Å². The molecule has 12 atom stereocenters. The van der Waals surface area contributed by atoms with Gasteiger partial charge in [0.1, 0.15) is 48.8 Å². The van der Waals surface area contributed by atoms with Gasteiger partial charge in [-0.25, -0.2) is 0 Å². The first-order chi connectivity index (χ1) is 32.1. The molecule has 12 unspecified atom stereocenters. The van der Waals surface area contributed by atoms with Crippen LogP contribution >= 0.6 is 0 Å². The van der Waals surface area contributed by atoms with E-state index in [-0.39, 0.29) is 18.9 Å². The van der Waals surface area contributed by atoms with Crippen LogP contribution in [0.2, 0.25) is 0 Å². The largest absolute Gasteiger partial charge is 0.394 e. The number of carbonyl (C=O) groups is 1. The van der Waals surface area contributed by atoms with E-state index in [0.717, 1.165) is 51.4 Å². The molecule has 14 nitrogen and oxygen atoms in total. The van der Waals surface area contributed by atoms with Crippen LogP contribution in [0.1, 0.15) is 194 Å². The second-order valence-electron chi connectivity index (χ2n) is 18.6. The van der Waals surface area contributed by atoms with Crippen LogP contribution in [0.5, 0.6) is 0 Å². The Balaban J connectivity index is 1.79. The average molecular weight is 942 g/mol. The molecule has 2 rings (SSSR count). The standard InChI is InChI=1S/C52H95NO13/c1-3-5-7-9-11-13-15-16-17-18-19-20-21-22-23-24-26-28-30-32-34-36-44(57)53-40(41(56)35-33-31-29-27-25-14-12-10-8-6-4-2)39-63-51-49(62)47(60)50(43(38-55)65-51)66-52-48(61)46(59)45(58)42(37-54)64-52/h8,10,25,27,33,35,40-43,45-52,54-56,58-62H,3-7,9,11-24,26,28-32,34,36-39H2,1-2H3,(H,53,57)/b10-8+,27-25+,35-33+. The van der Waals surface area contributed by atoms with E-state index in [0.29, 0.717) is 12.8 Å². The summed E-state index contributed by atoms with van der Waals surface area (Å²) in [5.74, 6) is -0.254. The summed E-state index contributed by atoms with van der Waals surface area (Å²) < 4.78 is 22.6. The predicted molar refractivity (Wildman–Crippen MR) is 258 cm³/mol. The van der Waals surface area contributed by atoms with Gasteiger partial charge in [-0.1, -0.05) is 185 Å². The lowest BCUT2D eigenvalue weighted by molar-refractivity contribution is -0.359. The van der Waals surface area contributed by atoms with Crippen LogP contribution in [0.25, 0.3) is 0 Å². The van der Waals surface area contributed by atoms with Gasteiger partial charge in [0.25, 0.3) is 0 Å². The normalized spacial score (nSPS) is 27.1. The monoisotopic (exact) mass is 942 g/mol. The zero-order valence-corrected chi connectivity index (χ0v) is 40.9. The highest BCUT2D eigenvalue weighted by molar-refractivity contribution is 5.76. The Hall–Kier alpha value is -1.79. The fourth-order valence-corrected chi connectivity index (χ4v) is 8.51. The summed E-state index contributed by atoms with van der Waals surface area (Å²) in [4.78, 5) is 13.2. The van der Waals surface area contributed by atoms with E-state index in [4.69, 9.17) is 18.9 Å². The second-order valence-corrected chi connectivity index (χ2v) is 18.6. The summed E-state index contributed by atoms with van der Waals surface area (Å²) in [6.45, 7) is 2.69. The molecule has 2 aliphatic rings. The predicted octanol–water partition coefficient (Wildman–Crippen LogP) is 7.10. The van der Waals surface area contributed by atoms with Gasteiger partial charge in [-0.05, 0) is 38.5 Å². The van der Waals surface area contributed by atoms with Crippen LogP contribution in [0, 0.1) is 0 Å². The molecule has 1 amide bonds. The van der Waals surface area contributed by atoms with Crippen molar-refractivity contribution in [3.63, 3.8) is 0 Å². The quantitative estimate of drug-likeness (QED) is 0.0221. The first kappa shape index (κ1) is 60.3. The van der Waals surface area contributed by atoms with Crippen LogP contribution < -0.4 is 5.32 Å². The Kier molecular flexibility index (Phi) is 35.6. The van der Waals surface area contributed by atoms with Crippen molar-refractivity contribution in [2.75, 3.05) is 19.8 Å². The van der Waals surface area contributed by atoms with E-state index in [1.807, 2.05) is 6.08 Å². The number of unbranched alkanes of at least 4 members (excludes halogenated alkanes) is 23. The van der Waals surface area contributed by atoms with Crippen molar-refractivity contribution in [3.8, 4) is 0 Å². The number of allylic oxidation sites excluding steroid dienone is 5. The Morgan fingerprint density at radius 2 is 0.970 bits per heavy atom. The summed E-state index contributed by atoms with van der Waals surface area (Å²) in [7, 11) is 0. The zero-order valence-electron chi connectivity index (χ0n) is 40.9. The molecular weight excluding hydrogens is 847 g/mol. The first-order valence-electron chi connectivity index (χ1n) is 26.2. The Morgan fingerprint density at radius 1 is 0.530 bits per heavy atom. The van der Waals surface area contributed by atoms with Crippen molar-refractivity contribution >= 4 is 5.91 Å². The van der Waals surface area contributed by atoms with Crippen molar-refractivity contribution in [3.05, 3.63) is 36.5 Å². The summed E-state index contributed by atoms with van der Waals surface area (Å²) in [5, 5.41) is 86.6. The van der Waals surface area contributed by atoms with Crippen LogP contribution in [0.15, 0.2) is 36.5 Å². The average Bonchev–Trinajstić information content (AvgIpc) is 3.31. The Morgan fingerprint density at radius 3 is 1.45 bits per heavy atom. The SMILES string of the molecule is CCC/C=C/CC/C=C/CC/C=C/C(O)C(COC1OC(CO)C(OC2OC(CO)C(O)C(O)C2O)C(O)C1O)NC(=O)CCCCCCCCCCCCCCCCCCCCCCC. The molecule has 0 aromatic rings. The topological polar surface area (TPSA) is 228 Å². The van der Waals surface area contributed by atoms with Crippen LogP contribution in [-0.4, -0.2) is 140 Å². The van der Waals surface area contributed by atoms with Gasteiger partial charge in [0.2, 0.25) is 5.91 Å². The summed E-state index contributed by atoms with van der Waals surface area (Å²) in [6.07, 6.45) is 27.7. The first-order valence-corrected chi connectivity index (χ1v) is 26.2. The maximum absolute atomic E-state index is 13.2. The maximum Gasteiger partial charge on any atom is 0.220 e. The molecule has 2 saturated heterocycles. The molecule has 2 heterocycles. The molecule has 0 aromatic carbocycles. The number of hydrogen-bond donors (Lipinski definition) is 9. The number of carbonyl (C=O) groups excluding carboxylic acids is 1. The van der Waals surface area contributed by atoms with Crippen molar-refractivity contribution in [2.45, 2.75) is 267 Å². The molecule has 14 heteroatoms. The highest BCUT2D eigenvalue weighted by atomic mass is 16.7. The fraction of sp³-hybridized carbons (Fsp3) is 0.865. The van der Waals surface area contributed by atoms with Gasteiger partial charge < -0.3 is 65.1 Å². The molecule has 386 valence electrons. The summed E-state index contributed by atoms with van der Waals surface area (Å²) in [5.41, 5.74) is 0. The van der Waals surface area contributed by atoms with Crippen LogP contribution in [0.3, 0.4) is 0 Å². The van der Waals surface area contributed by atoms with Gasteiger partial charge in [0.15, 0.2) is 12.6 Å². The van der Waals surface area contributed by atoms with E-state index in [1.54, 1.807) is 6.08 Å². The lowest BCUT2D eigenvalue weighted by Crippen LogP contribution is -2.65. The molecular formula is C52H95NO13. The van der Waals surface area contributed by atoms with E-state index < -0.39 is 86.8 Å². The summed E-state index contributed by atoms with van der Waals surface area (Å²) in [6, 6.07) is -0.933. The molecule has 0 radical (unpaired) electrons. The lowest BCUT2D eigenvalue weighted by atomic mass is 9.97. The second kappa shape index (κ2) is 39.0. The maximum atomic E-state index is 13.2. The smallest absolute Gasteiger partial charge is 0.220 e. The number of aliphatic hydroxyl groups excluding tert-OH is 8. The fourth-order valence-electron chi connectivity index (χ4n) is 8.51. The van der Waals surface area contributed by atoms with Gasteiger partial charge in [-0.2, -0.15) is 0 Å².